The number of carbonyl (C=O) groups excluding carboxylic acids is 2. The predicted octanol–water partition coefficient (Wildman–Crippen LogP) is 2.42. The number of Topliss-reactive ketones (excluding diaryl/α,β-unsaturated/α-hetero) is 1. The van der Waals surface area contributed by atoms with Gasteiger partial charge in [-0.2, -0.15) is 0 Å². The molecular formula is C15H15FO3. The van der Waals surface area contributed by atoms with E-state index in [1.165, 1.54) is 12.1 Å². The summed E-state index contributed by atoms with van der Waals surface area (Å²) in [5.41, 5.74) is 0.160. The first-order valence-corrected chi connectivity index (χ1v) is 6.57. The fourth-order valence-electron chi connectivity index (χ4n) is 3.24. The number of fused-ring (bicyclic) bond motifs is 1. The van der Waals surface area contributed by atoms with Crippen molar-refractivity contribution in [3.05, 3.63) is 35.6 Å². The molecule has 4 heteroatoms. The predicted molar refractivity (Wildman–Crippen MR) is 65.9 cm³/mol. The van der Waals surface area contributed by atoms with Crippen molar-refractivity contribution in [1.82, 2.24) is 0 Å². The van der Waals surface area contributed by atoms with E-state index in [0.717, 1.165) is 18.4 Å². The third kappa shape index (κ3) is 2.05. The molecule has 0 bridgehead atoms. The van der Waals surface area contributed by atoms with E-state index >= 15 is 0 Å². The molecule has 0 aromatic heterocycles. The fraction of sp³-hybridized carbons (Fsp3) is 0.467. The first kappa shape index (κ1) is 12.3. The number of rotatable bonds is 2. The first-order chi connectivity index (χ1) is 9.10. The Bertz CT molecular complexity index is 523. The van der Waals surface area contributed by atoms with Crippen molar-refractivity contribution in [1.29, 1.82) is 0 Å². The molecule has 1 aliphatic heterocycles. The maximum Gasteiger partial charge on any atom is 0.307 e. The maximum atomic E-state index is 12.9. The Labute approximate surface area is 110 Å². The molecule has 2 aliphatic rings. The summed E-state index contributed by atoms with van der Waals surface area (Å²) in [7, 11) is 0. The second-order valence-electron chi connectivity index (χ2n) is 5.43. The molecule has 100 valence electrons. The molecule has 0 amide bonds. The minimum atomic E-state index is -0.715. The van der Waals surface area contributed by atoms with Crippen LogP contribution in [0.5, 0.6) is 0 Å². The van der Waals surface area contributed by atoms with Gasteiger partial charge in [-0.25, -0.2) is 4.39 Å². The van der Waals surface area contributed by atoms with Crippen LogP contribution >= 0.6 is 0 Å². The lowest BCUT2D eigenvalue weighted by atomic mass is 9.67. The van der Waals surface area contributed by atoms with E-state index in [1.54, 1.807) is 12.1 Å². The number of ketones is 1. The number of carbonyl (C=O) groups is 2. The minimum absolute atomic E-state index is 0.110. The van der Waals surface area contributed by atoms with Crippen molar-refractivity contribution in [3.63, 3.8) is 0 Å². The van der Waals surface area contributed by atoms with Gasteiger partial charge in [0.15, 0.2) is 0 Å². The summed E-state index contributed by atoms with van der Waals surface area (Å²) in [6.45, 7) is 0. The highest BCUT2D eigenvalue weighted by Gasteiger charge is 2.55. The van der Waals surface area contributed by atoms with Gasteiger partial charge >= 0.3 is 5.97 Å². The molecule has 0 spiro atoms. The quantitative estimate of drug-likeness (QED) is 0.769. The number of esters is 1. The highest BCUT2D eigenvalue weighted by molar-refractivity contribution is 5.93. The topological polar surface area (TPSA) is 43.4 Å². The molecule has 0 radical (unpaired) electrons. The van der Waals surface area contributed by atoms with Crippen molar-refractivity contribution in [2.45, 2.75) is 38.2 Å². The third-order valence-electron chi connectivity index (χ3n) is 4.21. The fourth-order valence-corrected chi connectivity index (χ4v) is 3.24. The standard InChI is InChI=1S/C15H15FO3/c16-11-6-4-10(5-7-11)8-15-9-14(18)19-13(15)3-1-2-12(15)17/h4-7,13H,1-3,8-9H2/t13-,15+/m0/s1. The Morgan fingerprint density at radius 2 is 2.00 bits per heavy atom. The van der Waals surface area contributed by atoms with Crippen LogP contribution in [0.4, 0.5) is 4.39 Å². The van der Waals surface area contributed by atoms with Crippen molar-refractivity contribution >= 4 is 11.8 Å². The Morgan fingerprint density at radius 1 is 1.26 bits per heavy atom. The molecule has 1 heterocycles. The Balaban J connectivity index is 1.92. The molecule has 1 aliphatic carbocycles. The summed E-state index contributed by atoms with van der Waals surface area (Å²) in [6.07, 6.45) is 2.36. The monoisotopic (exact) mass is 262 g/mol. The van der Waals surface area contributed by atoms with Gasteiger partial charge in [0, 0.05) is 6.42 Å². The average Bonchev–Trinajstić information content (AvgIpc) is 2.70. The molecule has 2 fully saturated rings. The highest BCUT2D eigenvalue weighted by atomic mass is 19.1. The van der Waals surface area contributed by atoms with Gasteiger partial charge in [0.1, 0.15) is 17.7 Å². The summed E-state index contributed by atoms with van der Waals surface area (Å²) >= 11 is 0. The van der Waals surface area contributed by atoms with Gasteiger partial charge in [0.2, 0.25) is 0 Å². The zero-order valence-electron chi connectivity index (χ0n) is 10.5. The van der Waals surface area contributed by atoms with Crippen LogP contribution < -0.4 is 0 Å². The van der Waals surface area contributed by atoms with Gasteiger partial charge < -0.3 is 4.74 Å². The van der Waals surface area contributed by atoms with Gasteiger partial charge in [-0.15, -0.1) is 0 Å². The van der Waals surface area contributed by atoms with E-state index in [4.69, 9.17) is 4.74 Å². The van der Waals surface area contributed by atoms with Crippen molar-refractivity contribution in [2.24, 2.45) is 5.41 Å². The molecule has 19 heavy (non-hydrogen) atoms. The molecule has 1 saturated carbocycles. The second-order valence-corrected chi connectivity index (χ2v) is 5.43. The lowest BCUT2D eigenvalue weighted by Crippen LogP contribution is -2.44. The van der Waals surface area contributed by atoms with Gasteiger partial charge in [-0.05, 0) is 37.0 Å². The van der Waals surface area contributed by atoms with E-state index in [9.17, 15) is 14.0 Å². The molecule has 1 saturated heterocycles. The van der Waals surface area contributed by atoms with Crippen LogP contribution in [-0.2, 0) is 20.7 Å². The lowest BCUT2D eigenvalue weighted by Gasteiger charge is -2.35. The van der Waals surface area contributed by atoms with Crippen LogP contribution in [0.1, 0.15) is 31.2 Å². The van der Waals surface area contributed by atoms with Crippen LogP contribution in [0.15, 0.2) is 24.3 Å². The first-order valence-electron chi connectivity index (χ1n) is 6.57. The molecular weight excluding hydrogens is 247 g/mol. The van der Waals surface area contributed by atoms with E-state index in [1.807, 2.05) is 0 Å². The summed E-state index contributed by atoms with van der Waals surface area (Å²) < 4.78 is 18.2. The average molecular weight is 262 g/mol. The summed E-state index contributed by atoms with van der Waals surface area (Å²) in [5, 5.41) is 0. The van der Waals surface area contributed by atoms with Crippen LogP contribution in [-0.4, -0.2) is 17.9 Å². The van der Waals surface area contributed by atoms with Crippen molar-refractivity contribution in [2.75, 3.05) is 0 Å². The molecule has 3 rings (SSSR count). The molecule has 3 nitrogen and oxygen atoms in total. The SMILES string of the molecule is O=C1C[C@]2(Cc3ccc(F)cc3)C(=O)CCC[C@@H]2O1. The molecule has 2 atom stereocenters. The van der Waals surface area contributed by atoms with E-state index in [-0.39, 0.29) is 30.1 Å². The second kappa shape index (κ2) is 4.44. The third-order valence-corrected chi connectivity index (χ3v) is 4.21. The van der Waals surface area contributed by atoms with Crippen LogP contribution in [0.25, 0.3) is 0 Å². The number of halogens is 1. The van der Waals surface area contributed by atoms with E-state index in [0.29, 0.717) is 12.8 Å². The number of hydrogen-bond acceptors (Lipinski definition) is 3. The number of ether oxygens (including phenoxy) is 1. The summed E-state index contributed by atoms with van der Waals surface area (Å²) in [5.74, 6) is -0.479. The smallest absolute Gasteiger partial charge is 0.307 e. The van der Waals surface area contributed by atoms with E-state index in [2.05, 4.69) is 0 Å². The van der Waals surface area contributed by atoms with Crippen LogP contribution in [0, 0.1) is 11.2 Å². The highest BCUT2D eigenvalue weighted by Crippen LogP contribution is 2.46. The molecule has 1 aromatic carbocycles. The Morgan fingerprint density at radius 3 is 2.74 bits per heavy atom. The molecule has 0 unspecified atom stereocenters. The van der Waals surface area contributed by atoms with Crippen molar-refractivity contribution < 1.29 is 18.7 Å². The Kier molecular flexibility index (Phi) is 2.88. The zero-order chi connectivity index (χ0) is 13.5. The Hall–Kier alpha value is -1.71. The zero-order valence-corrected chi connectivity index (χ0v) is 10.5. The van der Waals surface area contributed by atoms with Gasteiger partial charge in [0.05, 0.1) is 11.8 Å². The van der Waals surface area contributed by atoms with E-state index < -0.39 is 5.41 Å². The number of hydrogen-bond donors (Lipinski definition) is 0. The maximum absolute atomic E-state index is 12.9. The van der Waals surface area contributed by atoms with Gasteiger partial charge in [-0.3, -0.25) is 9.59 Å². The number of benzene rings is 1. The van der Waals surface area contributed by atoms with Crippen LogP contribution in [0.3, 0.4) is 0 Å². The van der Waals surface area contributed by atoms with Gasteiger partial charge in [-0.1, -0.05) is 12.1 Å². The molecule has 1 aromatic rings. The minimum Gasteiger partial charge on any atom is -0.461 e. The summed E-state index contributed by atoms with van der Waals surface area (Å²) in [6, 6.07) is 6.11. The summed E-state index contributed by atoms with van der Waals surface area (Å²) in [4.78, 5) is 23.9. The molecule has 0 N–H and O–H groups in total. The van der Waals surface area contributed by atoms with Crippen LogP contribution in [0.2, 0.25) is 0 Å². The normalized spacial score (nSPS) is 30.1. The lowest BCUT2D eigenvalue weighted by molar-refractivity contribution is -0.144. The largest absolute Gasteiger partial charge is 0.461 e. The van der Waals surface area contributed by atoms with Crippen molar-refractivity contribution in [3.8, 4) is 0 Å². The van der Waals surface area contributed by atoms with Gasteiger partial charge in [0.25, 0.3) is 0 Å².